The molecule has 9 nitrogen and oxygen atoms in total. The fourth-order valence-electron chi connectivity index (χ4n) is 5.70. The second-order valence-electron chi connectivity index (χ2n) is 9.34. The Hall–Kier alpha value is -3.10. The number of carbonyl (C=O) groups excluding carboxylic acids is 4. The largest absolute Gasteiger partial charge is 0.497 e. The van der Waals surface area contributed by atoms with Crippen molar-refractivity contribution in [1.29, 1.82) is 0 Å². The van der Waals surface area contributed by atoms with E-state index in [9.17, 15) is 19.2 Å². The maximum Gasteiger partial charge on any atom is 0.330 e. The number of nitrogens with zero attached hydrogens (tertiary/aromatic N) is 1. The first-order chi connectivity index (χ1) is 15.8. The van der Waals surface area contributed by atoms with Crippen LogP contribution < -0.4 is 14.8 Å². The van der Waals surface area contributed by atoms with Gasteiger partial charge in [-0.05, 0) is 49.1 Å². The van der Waals surface area contributed by atoms with Crippen molar-refractivity contribution < 1.29 is 33.4 Å². The van der Waals surface area contributed by atoms with Crippen molar-refractivity contribution in [1.82, 2.24) is 4.90 Å². The van der Waals surface area contributed by atoms with Crippen molar-refractivity contribution >= 4 is 29.4 Å². The van der Waals surface area contributed by atoms with E-state index in [0.717, 1.165) is 24.2 Å². The first kappa shape index (κ1) is 23.1. The molecule has 1 aromatic carbocycles. The molecule has 0 aromatic heterocycles. The van der Waals surface area contributed by atoms with Gasteiger partial charge in [0.05, 0.1) is 31.7 Å². The number of fused-ring (bicyclic) bond motifs is 5. The number of anilines is 1. The summed E-state index contributed by atoms with van der Waals surface area (Å²) in [7, 11) is 2.97. The highest BCUT2D eigenvalue weighted by Crippen LogP contribution is 2.56. The molecule has 33 heavy (non-hydrogen) atoms. The SMILES string of the molecule is COc1ccc(OC)c(NC(=O)COC(=O)[C@H](C(C)C)N2C(=O)[C@@H]3[C@H]4CC[C@@H](C4)[C@@H]3C2=O)c1. The van der Waals surface area contributed by atoms with Crippen LogP contribution in [0.5, 0.6) is 11.5 Å². The monoisotopic (exact) mass is 458 g/mol. The molecular weight excluding hydrogens is 428 g/mol. The van der Waals surface area contributed by atoms with E-state index in [-0.39, 0.29) is 41.4 Å². The Morgan fingerprint density at radius 2 is 1.70 bits per heavy atom. The number of rotatable bonds is 8. The van der Waals surface area contributed by atoms with E-state index < -0.39 is 24.5 Å². The van der Waals surface area contributed by atoms with Gasteiger partial charge in [0.1, 0.15) is 17.5 Å². The van der Waals surface area contributed by atoms with Crippen LogP contribution in [0.2, 0.25) is 0 Å². The van der Waals surface area contributed by atoms with Gasteiger partial charge in [-0.25, -0.2) is 4.79 Å². The molecule has 0 spiro atoms. The zero-order valence-corrected chi connectivity index (χ0v) is 19.3. The Balaban J connectivity index is 1.42. The van der Waals surface area contributed by atoms with Crippen LogP contribution in [0, 0.1) is 29.6 Å². The lowest BCUT2D eigenvalue weighted by Gasteiger charge is -2.28. The highest BCUT2D eigenvalue weighted by atomic mass is 16.5. The molecule has 3 aliphatic rings. The van der Waals surface area contributed by atoms with Crippen molar-refractivity contribution in [2.45, 2.75) is 39.2 Å². The minimum Gasteiger partial charge on any atom is -0.497 e. The summed E-state index contributed by atoms with van der Waals surface area (Å²) in [5.41, 5.74) is 0.367. The predicted octanol–water partition coefficient (Wildman–Crippen LogP) is 2.24. The van der Waals surface area contributed by atoms with Gasteiger partial charge in [0.2, 0.25) is 11.8 Å². The zero-order valence-electron chi connectivity index (χ0n) is 19.3. The average molecular weight is 459 g/mol. The minimum absolute atomic E-state index is 0.230. The van der Waals surface area contributed by atoms with Crippen molar-refractivity contribution in [2.24, 2.45) is 29.6 Å². The standard InChI is InChI=1S/C24H30N2O7/c1-12(2)21(26-22(28)19-13-5-6-14(9-13)20(19)23(26)29)24(30)33-11-18(27)25-16-10-15(31-3)7-8-17(16)32-4/h7-8,10,12-14,19-21H,5-6,9,11H2,1-4H3,(H,25,27)/t13-,14-,19-,20+,21-/m0/s1. The van der Waals surface area contributed by atoms with Gasteiger partial charge >= 0.3 is 5.97 Å². The molecule has 9 heteroatoms. The first-order valence-electron chi connectivity index (χ1n) is 11.3. The summed E-state index contributed by atoms with van der Waals surface area (Å²) in [4.78, 5) is 52.8. The Morgan fingerprint density at radius 1 is 1.06 bits per heavy atom. The number of esters is 1. The second-order valence-corrected chi connectivity index (χ2v) is 9.34. The number of amides is 3. The highest BCUT2D eigenvalue weighted by Gasteiger charge is 2.62. The van der Waals surface area contributed by atoms with Crippen molar-refractivity contribution in [3.8, 4) is 11.5 Å². The lowest BCUT2D eigenvalue weighted by molar-refractivity contribution is -0.162. The summed E-state index contributed by atoms with van der Waals surface area (Å²) in [5, 5.41) is 2.63. The Kier molecular flexibility index (Phi) is 6.32. The molecule has 2 bridgehead atoms. The third-order valence-electron chi connectivity index (χ3n) is 7.14. The molecule has 178 valence electrons. The molecule has 2 aliphatic carbocycles. The molecule has 3 fully saturated rings. The van der Waals surface area contributed by atoms with Crippen LogP contribution in [-0.2, 0) is 23.9 Å². The quantitative estimate of drug-likeness (QED) is 0.470. The summed E-state index contributed by atoms with van der Waals surface area (Å²) in [6, 6.07) is 3.87. The van der Waals surface area contributed by atoms with E-state index >= 15 is 0 Å². The first-order valence-corrected chi connectivity index (χ1v) is 11.3. The molecule has 1 saturated heterocycles. The number of benzene rings is 1. The van der Waals surface area contributed by atoms with Gasteiger partial charge in [0.25, 0.3) is 5.91 Å². The summed E-state index contributed by atoms with van der Waals surface area (Å²) < 4.78 is 15.7. The maximum atomic E-state index is 13.1. The van der Waals surface area contributed by atoms with Crippen LogP contribution in [0.25, 0.3) is 0 Å². The number of carbonyl (C=O) groups is 4. The highest BCUT2D eigenvalue weighted by molar-refractivity contribution is 6.08. The molecule has 5 atom stereocenters. The van der Waals surface area contributed by atoms with Crippen LogP contribution in [0.1, 0.15) is 33.1 Å². The van der Waals surface area contributed by atoms with Crippen LogP contribution in [0.15, 0.2) is 18.2 Å². The molecule has 1 aromatic rings. The zero-order chi connectivity index (χ0) is 23.9. The van der Waals surface area contributed by atoms with Crippen molar-refractivity contribution in [3.63, 3.8) is 0 Å². The maximum absolute atomic E-state index is 13.1. The van der Waals surface area contributed by atoms with E-state index in [1.165, 1.54) is 14.2 Å². The van der Waals surface area contributed by atoms with Gasteiger partial charge in [0.15, 0.2) is 6.61 Å². The lowest BCUT2D eigenvalue weighted by atomic mass is 9.81. The normalized spacial score (nSPS) is 26.4. The second kappa shape index (κ2) is 9.03. The minimum atomic E-state index is -1.05. The molecule has 4 rings (SSSR count). The van der Waals surface area contributed by atoms with E-state index in [2.05, 4.69) is 5.32 Å². The Labute approximate surface area is 192 Å². The fourth-order valence-corrected chi connectivity index (χ4v) is 5.70. The molecule has 0 unspecified atom stereocenters. The number of hydrogen-bond donors (Lipinski definition) is 1. The van der Waals surface area contributed by atoms with Gasteiger partial charge in [-0.15, -0.1) is 0 Å². The Bertz CT molecular complexity index is 948. The molecule has 3 amide bonds. The summed E-state index contributed by atoms with van der Waals surface area (Å²) >= 11 is 0. The van der Waals surface area contributed by atoms with E-state index in [4.69, 9.17) is 14.2 Å². The van der Waals surface area contributed by atoms with Crippen LogP contribution in [-0.4, -0.2) is 55.5 Å². The van der Waals surface area contributed by atoms with E-state index in [0.29, 0.717) is 17.2 Å². The van der Waals surface area contributed by atoms with Gasteiger partial charge in [0, 0.05) is 6.07 Å². The van der Waals surface area contributed by atoms with Gasteiger partial charge in [-0.1, -0.05) is 13.8 Å². The summed E-state index contributed by atoms with van der Waals surface area (Å²) in [6.45, 7) is 2.96. The predicted molar refractivity (Wildman–Crippen MR) is 117 cm³/mol. The van der Waals surface area contributed by atoms with Crippen molar-refractivity contribution in [3.05, 3.63) is 18.2 Å². The topological polar surface area (TPSA) is 111 Å². The molecular formula is C24H30N2O7. The third-order valence-corrected chi connectivity index (χ3v) is 7.14. The van der Waals surface area contributed by atoms with Crippen molar-refractivity contribution in [2.75, 3.05) is 26.1 Å². The van der Waals surface area contributed by atoms with E-state index in [1.807, 2.05) is 0 Å². The fraction of sp³-hybridized carbons (Fsp3) is 0.583. The van der Waals surface area contributed by atoms with Gasteiger partial charge in [-0.3, -0.25) is 19.3 Å². The number of imide groups is 1. The van der Waals surface area contributed by atoms with Crippen LogP contribution >= 0.6 is 0 Å². The number of likely N-dealkylation sites (tertiary alicyclic amines) is 1. The number of hydrogen-bond acceptors (Lipinski definition) is 7. The van der Waals surface area contributed by atoms with Gasteiger partial charge in [-0.2, -0.15) is 0 Å². The number of ether oxygens (including phenoxy) is 3. The van der Waals surface area contributed by atoms with Crippen LogP contribution in [0.4, 0.5) is 5.69 Å². The summed E-state index contributed by atoms with van der Waals surface area (Å²) in [6.07, 6.45) is 2.85. The number of methoxy groups -OCH3 is 2. The third kappa shape index (κ3) is 4.05. The molecule has 1 aliphatic heterocycles. The Morgan fingerprint density at radius 3 is 2.24 bits per heavy atom. The molecule has 0 radical (unpaired) electrons. The van der Waals surface area contributed by atoms with Crippen LogP contribution in [0.3, 0.4) is 0 Å². The van der Waals surface area contributed by atoms with E-state index in [1.54, 1.807) is 32.0 Å². The number of nitrogens with one attached hydrogen (secondary N) is 1. The van der Waals surface area contributed by atoms with Gasteiger partial charge < -0.3 is 19.5 Å². The average Bonchev–Trinajstić information content (AvgIpc) is 3.47. The smallest absolute Gasteiger partial charge is 0.330 e. The molecule has 2 saturated carbocycles. The molecule has 1 heterocycles. The lowest BCUT2D eigenvalue weighted by Crippen LogP contribution is -2.50. The summed E-state index contributed by atoms with van der Waals surface area (Å²) in [5.74, 6) is -1.43. The molecule has 1 N–H and O–H groups in total.